The molecule has 1 amide bonds. The molecule has 154 valence electrons. The number of piperazine rings is 1. The lowest BCUT2D eigenvalue weighted by molar-refractivity contribution is -0.132. The fourth-order valence-corrected chi connectivity index (χ4v) is 3.88. The molecule has 0 aliphatic carbocycles. The van der Waals surface area contributed by atoms with Crippen LogP contribution in [0.4, 0.5) is 0 Å². The summed E-state index contributed by atoms with van der Waals surface area (Å²) in [7, 11) is 1.65. The number of hydrogen-bond acceptors (Lipinski definition) is 4. The minimum atomic E-state index is 0.151. The molecular weight excluding hydrogens is 364 g/mol. The average molecular weight is 395 g/mol. The number of carbonyl (C=O) groups excluding carboxylic acids is 2. The summed E-state index contributed by atoms with van der Waals surface area (Å²) in [5.41, 5.74) is 4.05. The molecule has 0 saturated carbocycles. The molecule has 29 heavy (non-hydrogen) atoms. The molecule has 0 radical (unpaired) electrons. The van der Waals surface area contributed by atoms with Crippen molar-refractivity contribution in [2.75, 3.05) is 39.8 Å². The van der Waals surface area contributed by atoms with Crippen LogP contribution < -0.4 is 4.74 Å². The summed E-state index contributed by atoms with van der Waals surface area (Å²) in [6.45, 7) is 7.24. The van der Waals surface area contributed by atoms with Gasteiger partial charge in [0.2, 0.25) is 5.91 Å². The lowest BCUT2D eigenvalue weighted by atomic mass is 10.0. The molecule has 1 heterocycles. The zero-order valence-electron chi connectivity index (χ0n) is 17.6. The second kappa shape index (κ2) is 9.70. The van der Waals surface area contributed by atoms with Crippen LogP contribution in [0.1, 0.15) is 33.5 Å². The molecule has 2 aromatic carbocycles. The number of nitrogens with zero attached hydrogens (tertiary/aromatic N) is 2. The van der Waals surface area contributed by atoms with Crippen molar-refractivity contribution in [3.63, 3.8) is 0 Å². The summed E-state index contributed by atoms with van der Waals surface area (Å²) in [6, 6.07) is 13.8. The van der Waals surface area contributed by atoms with Gasteiger partial charge < -0.3 is 9.64 Å². The van der Waals surface area contributed by atoms with E-state index in [9.17, 15) is 9.59 Å². The van der Waals surface area contributed by atoms with E-state index in [1.165, 1.54) is 5.56 Å². The standard InChI is InChI=1S/C24H30N2O3/c1-18-8-10-21(19(2)16-18)22(27)17-25-12-14-26(15-13-25)24(28)11-9-20-6-4-5-7-23(20)29-3/h4-8,10,16H,9,11-15,17H2,1-3H3. The zero-order valence-corrected chi connectivity index (χ0v) is 17.6. The second-order valence-electron chi connectivity index (χ2n) is 7.71. The Balaban J connectivity index is 1.47. The topological polar surface area (TPSA) is 49.9 Å². The van der Waals surface area contributed by atoms with Gasteiger partial charge in [-0.15, -0.1) is 0 Å². The molecule has 5 nitrogen and oxygen atoms in total. The molecular formula is C24H30N2O3. The molecule has 3 rings (SSSR count). The van der Waals surface area contributed by atoms with Crippen molar-refractivity contribution in [3.05, 3.63) is 64.7 Å². The Bertz CT molecular complexity index is 870. The Hall–Kier alpha value is -2.66. The molecule has 0 bridgehead atoms. The number of ether oxygens (including phenoxy) is 1. The van der Waals surface area contributed by atoms with Crippen LogP contribution in [0.15, 0.2) is 42.5 Å². The summed E-state index contributed by atoms with van der Waals surface area (Å²) < 4.78 is 5.36. The first kappa shape index (κ1) is 21.1. The van der Waals surface area contributed by atoms with Gasteiger partial charge in [0.25, 0.3) is 0 Å². The molecule has 1 saturated heterocycles. The molecule has 2 aromatic rings. The predicted molar refractivity (Wildman–Crippen MR) is 115 cm³/mol. The van der Waals surface area contributed by atoms with Crippen LogP contribution in [-0.2, 0) is 11.2 Å². The van der Waals surface area contributed by atoms with Gasteiger partial charge in [-0.2, -0.15) is 0 Å². The molecule has 1 aliphatic rings. The van der Waals surface area contributed by atoms with Crippen molar-refractivity contribution in [3.8, 4) is 5.75 Å². The van der Waals surface area contributed by atoms with Crippen molar-refractivity contribution < 1.29 is 14.3 Å². The van der Waals surface area contributed by atoms with Crippen LogP contribution in [0.5, 0.6) is 5.75 Å². The highest BCUT2D eigenvalue weighted by Gasteiger charge is 2.23. The molecule has 0 aromatic heterocycles. The van der Waals surface area contributed by atoms with Gasteiger partial charge >= 0.3 is 0 Å². The van der Waals surface area contributed by atoms with Crippen LogP contribution in [0.2, 0.25) is 0 Å². The molecule has 0 N–H and O–H groups in total. The van der Waals surface area contributed by atoms with Gasteiger partial charge in [-0.05, 0) is 37.5 Å². The van der Waals surface area contributed by atoms with Gasteiger partial charge in [-0.3, -0.25) is 14.5 Å². The van der Waals surface area contributed by atoms with Crippen LogP contribution in [0, 0.1) is 13.8 Å². The van der Waals surface area contributed by atoms with Gasteiger partial charge in [-0.1, -0.05) is 42.0 Å². The van der Waals surface area contributed by atoms with Crippen molar-refractivity contribution in [1.29, 1.82) is 0 Å². The van der Waals surface area contributed by atoms with Crippen molar-refractivity contribution in [2.45, 2.75) is 26.7 Å². The molecule has 0 unspecified atom stereocenters. The highest BCUT2D eigenvalue weighted by molar-refractivity contribution is 5.99. The van der Waals surface area contributed by atoms with E-state index in [4.69, 9.17) is 4.74 Å². The number of para-hydroxylation sites is 1. The van der Waals surface area contributed by atoms with Crippen LogP contribution >= 0.6 is 0 Å². The molecule has 5 heteroatoms. The molecule has 1 aliphatic heterocycles. The van der Waals surface area contributed by atoms with Crippen LogP contribution in [0.3, 0.4) is 0 Å². The lowest BCUT2D eigenvalue weighted by Crippen LogP contribution is -2.50. The van der Waals surface area contributed by atoms with Crippen molar-refractivity contribution in [1.82, 2.24) is 9.80 Å². The monoisotopic (exact) mass is 394 g/mol. The van der Waals surface area contributed by atoms with E-state index in [0.29, 0.717) is 32.5 Å². The first-order valence-electron chi connectivity index (χ1n) is 10.2. The Morgan fingerprint density at radius 1 is 1.00 bits per heavy atom. The van der Waals surface area contributed by atoms with E-state index < -0.39 is 0 Å². The highest BCUT2D eigenvalue weighted by atomic mass is 16.5. The molecule has 1 fully saturated rings. The summed E-state index contributed by atoms with van der Waals surface area (Å²) in [6.07, 6.45) is 1.15. The van der Waals surface area contributed by atoms with Crippen molar-refractivity contribution in [2.24, 2.45) is 0 Å². The maximum atomic E-state index is 12.6. The van der Waals surface area contributed by atoms with Gasteiger partial charge in [0.05, 0.1) is 13.7 Å². The number of aryl methyl sites for hydroxylation is 3. The first-order valence-corrected chi connectivity index (χ1v) is 10.2. The molecule has 0 spiro atoms. The van der Waals surface area contributed by atoms with Gasteiger partial charge in [-0.25, -0.2) is 0 Å². The third-order valence-corrected chi connectivity index (χ3v) is 5.58. The number of carbonyl (C=O) groups is 2. The minimum absolute atomic E-state index is 0.151. The second-order valence-corrected chi connectivity index (χ2v) is 7.71. The normalized spacial score (nSPS) is 14.7. The summed E-state index contributed by atoms with van der Waals surface area (Å²) in [5, 5.41) is 0. The zero-order chi connectivity index (χ0) is 20.8. The first-order chi connectivity index (χ1) is 14.0. The van der Waals surface area contributed by atoms with E-state index >= 15 is 0 Å². The maximum Gasteiger partial charge on any atom is 0.222 e. The van der Waals surface area contributed by atoms with Crippen LogP contribution in [-0.4, -0.2) is 61.3 Å². The number of methoxy groups -OCH3 is 1. The SMILES string of the molecule is COc1ccccc1CCC(=O)N1CCN(CC(=O)c2ccc(C)cc2C)CC1. The van der Waals surface area contributed by atoms with Gasteiger partial charge in [0.1, 0.15) is 5.75 Å². The minimum Gasteiger partial charge on any atom is -0.496 e. The number of rotatable bonds is 7. The Morgan fingerprint density at radius 2 is 1.72 bits per heavy atom. The summed E-state index contributed by atoms with van der Waals surface area (Å²) in [4.78, 5) is 29.3. The van der Waals surface area contributed by atoms with E-state index in [0.717, 1.165) is 35.5 Å². The third-order valence-electron chi connectivity index (χ3n) is 5.58. The largest absolute Gasteiger partial charge is 0.496 e. The highest BCUT2D eigenvalue weighted by Crippen LogP contribution is 2.19. The lowest BCUT2D eigenvalue weighted by Gasteiger charge is -2.34. The Kier molecular flexibility index (Phi) is 7.04. The Labute approximate surface area is 173 Å². The quantitative estimate of drug-likeness (QED) is 0.677. The number of Topliss-reactive ketones (excluding diaryl/α,β-unsaturated/α-hetero) is 1. The fourth-order valence-electron chi connectivity index (χ4n) is 3.88. The van der Waals surface area contributed by atoms with E-state index in [1.54, 1.807) is 7.11 Å². The number of amides is 1. The van der Waals surface area contributed by atoms with E-state index in [2.05, 4.69) is 4.90 Å². The number of hydrogen-bond donors (Lipinski definition) is 0. The van der Waals surface area contributed by atoms with E-state index in [1.807, 2.05) is 61.2 Å². The van der Waals surface area contributed by atoms with Crippen molar-refractivity contribution >= 4 is 11.7 Å². The van der Waals surface area contributed by atoms with Crippen LogP contribution in [0.25, 0.3) is 0 Å². The third kappa shape index (κ3) is 5.45. The Morgan fingerprint density at radius 3 is 2.41 bits per heavy atom. The fraction of sp³-hybridized carbons (Fsp3) is 0.417. The van der Waals surface area contributed by atoms with Gasteiger partial charge in [0.15, 0.2) is 5.78 Å². The number of benzene rings is 2. The molecule has 0 atom stereocenters. The van der Waals surface area contributed by atoms with E-state index in [-0.39, 0.29) is 11.7 Å². The van der Waals surface area contributed by atoms with Gasteiger partial charge in [0, 0.05) is 38.2 Å². The smallest absolute Gasteiger partial charge is 0.222 e. The summed E-state index contributed by atoms with van der Waals surface area (Å²) >= 11 is 0. The maximum absolute atomic E-state index is 12.6. The predicted octanol–water partition coefficient (Wildman–Crippen LogP) is 3.27. The summed E-state index contributed by atoms with van der Waals surface area (Å²) in [5.74, 6) is 1.14. The number of ketones is 1. The average Bonchev–Trinajstić information content (AvgIpc) is 2.72.